The lowest BCUT2D eigenvalue weighted by molar-refractivity contribution is -0.0229. The SMILES string of the molecule is CC(C)(C)OC(=O)NC1CN(c2ccc(C#N)c3nccnc23)CC(F)(F)C1. The minimum Gasteiger partial charge on any atom is -0.444 e. The van der Waals surface area contributed by atoms with E-state index in [0.717, 1.165) is 0 Å². The van der Waals surface area contributed by atoms with Crippen LogP contribution in [-0.2, 0) is 4.74 Å². The van der Waals surface area contributed by atoms with Crippen molar-refractivity contribution in [2.24, 2.45) is 0 Å². The number of alkyl halides is 2. The summed E-state index contributed by atoms with van der Waals surface area (Å²) in [6, 6.07) is 4.35. The van der Waals surface area contributed by atoms with Crippen molar-refractivity contribution in [3.8, 4) is 6.07 Å². The fourth-order valence-electron chi connectivity index (χ4n) is 3.24. The van der Waals surface area contributed by atoms with Crippen LogP contribution in [0.25, 0.3) is 11.0 Å². The molecule has 9 heteroatoms. The standard InChI is InChI=1S/C19H21F2N5O2/c1-18(2,3)28-17(27)25-13-8-19(20,21)11-26(10-13)14-5-4-12(9-22)15-16(14)24-7-6-23-15/h4-7,13H,8,10-11H2,1-3H3,(H,25,27). The van der Waals surface area contributed by atoms with Gasteiger partial charge in [-0.15, -0.1) is 0 Å². The summed E-state index contributed by atoms with van der Waals surface area (Å²) in [5, 5.41) is 11.8. The highest BCUT2D eigenvalue weighted by molar-refractivity contribution is 5.92. The molecule has 3 rings (SSSR count). The van der Waals surface area contributed by atoms with E-state index in [1.165, 1.54) is 23.4 Å². The molecule has 1 aromatic heterocycles. The van der Waals surface area contributed by atoms with E-state index in [-0.39, 0.29) is 6.54 Å². The van der Waals surface area contributed by atoms with E-state index < -0.39 is 36.6 Å². The predicted octanol–water partition coefficient (Wildman–Crippen LogP) is 3.24. The first-order valence-corrected chi connectivity index (χ1v) is 8.84. The zero-order valence-corrected chi connectivity index (χ0v) is 15.9. The number of aromatic nitrogens is 2. The lowest BCUT2D eigenvalue weighted by Gasteiger charge is -2.39. The van der Waals surface area contributed by atoms with E-state index in [4.69, 9.17) is 4.74 Å². The van der Waals surface area contributed by atoms with Crippen LogP contribution in [0.5, 0.6) is 0 Å². The molecule has 2 heterocycles. The van der Waals surface area contributed by atoms with Crippen molar-refractivity contribution in [3.05, 3.63) is 30.1 Å². The molecule has 0 saturated carbocycles. The molecule has 0 radical (unpaired) electrons. The fraction of sp³-hybridized carbons (Fsp3) is 0.474. The molecule has 1 aliphatic rings. The Morgan fingerprint density at radius 2 is 2.00 bits per heavy atom. The van der Waals surface area contributed by atoms with Gasteiger partial charge in [-0.2, -0.15) is 5.26 Å². The van der Waals surface area contributed by atoms with Crippen molar-refractivity contribution >= 4 is 22.8 Å². The van der Waals surface area contributed by atoms with Crippen molar-refractivity contribution in [2.75, 3.05) is 18.0 Å². The molecule has 148 valence electrons. The summed E-state index contributed by atoms with van der Waals surface area (Å²) in [5.41, 5.74) is 0.764. The molecule has 1 unspecified atom stereocenters. The number of nitrogens with zero attached hydrogens (tertiary/aromatic N) is 4. The summed E-state index contributed by atoms with van der Waals surface area (Å²) in [5.74, 6) is -3.01. The van der Waals surface area contributed by atoms with Gasteiger partial charge in [0.05, 0.1) is 23.8 Å². The average Bonchev–Trinajstić information content (AvgIpc) is 2.57. The van der Waals surface area contributed by atoms with Crippen LogP contribution in [0.2, 0.25) is 0 Å². The summed E-state index contributed by atoms with van der Waals surface area (Å²) in [6.07, 6.45) is 1.68. The molecule has 0 spiro atoms. The molecule has 1 aliphatic heterocycles. The second-order valence-corrected chi connectivity index (χ2v) is 7.78. The minimum atomic E-state index is -3.01. The van der Waals surface area contributed by atoms with E-state index in [2.05, 4.69) is 15.3 Å². The fourth-order valence-corrected chi connectivity index (χ4v) is 3.24. The van der Waals surface area contributed by atoms with Gasteiger partial charge in [0.15, 0.2) is 0 Å². The number of nitriles is 1. The summed E-state index contributed by atoms with van der Waals surface area (Å²) in [7, 11) is 0. The van der Waals surface area contributed by atoms with Crippen LogP contribution in [0.4, 0.5) is 19.3 Å². The number of anilines is 1. The van der Waals surface area contributed by atoms with Gasteiger partial charge in [-0.1, -0.05) is 0 Å². The zero-order chi connectivity index (χ0) is 20.5. The highest BCUT2D eigenvalue weighted by atomic mass is 19.3. The number of hydrogen-bond donors (Lipinski definition) is 1. The van der Waals surface area contributed by atoms with E-state index in [9.17, 15) is 18.8 Å². The van der Waals surface area contributed by atoms with Gasteiger partial charge >= 0.3 is 6.09 Å². The van der Waals surface area contributed by atoms with Gasteiger partial charge in [0.2, 0.25) is 0 Å². The number of rotatable bonds is 2. The predicted molar refractivity (Wildman–Crippen MR) is 99.2 cm³/mol. The molecule has 0 bridgehead atoms. The quantitative estimate of drug-likeness (QED) is 0.848. The first-order chi connectivity index (χ1) is 13.1. The van der Waals surface area contributed by atoms with Gasteiger partial charge in [-0.25, -0.2) is 13.6 Å². The summed E-state index contributed by atoms with van der Waals surface area (Å²) >= 11 is 0. The number of carbonyl (C=O) groups is 1. The van der Waals surface area contributed by atoms with Crippen molar-refractivity contribution in [1.82, 2.24) is 15.3 Å². The van der Waals surface area contributed by atoms with Gasteiger partial charge in [0.25, 0.3) is 5.92 Å². The molecule has 1 fully saturated rings. The van der Waals surface area contributed by atoms with E-state index in [1.807, 2.05) is 6.07 Å². The van der Waals surface area contributed by atoms with Crippen molar-refractivity contribution in [3.63, 3.8) is 0 Å². The maximum Gasteiger partial charge on any atom is 0.407 e. The van der Waals surface area contributed by atoms with E-state index >= 15 is 0 Å². The number of ether oxygens (including phenoxy) is 1. The third-order valence-electron chi connectivity index (χ3n) is 4.19. The first-order valence-electron chi connectivity index (χ1n) is 8.84. The molecule has 2 aromatic rings. The highest BCUT2D eigenvalue weighted by Gasteiger charge is 2.42. The third kappa shape index (κ3) is 4.44. The van der Waals surface area contributed by atoms with Gasteiger partial charge in [-0.3, -0.25) is 9.97 Å². The molecule has 1 atom stereocenters. The Balaban J connectivity index is 1.89. The van der Waals surface area contributed by atoms with Crippen LogP contribution >= 0.6 is 0 Å². The minimum absolute atomic E-state index is 0.159. The molecule has 1 saturated heterocycles. The molecule has 1 aromatic carbocycles. The monoisotopic (exact) mass is 389 g/mol. The lowest BCUT2D eigenvalue weighted by Crippen LogP contribution is -2.56. The van der Waals surface area contributed by atoms with Crippen molar-refractivity contribution in [1.29, 1.82) is 5.26 Å². The molecular weight excluding hydrogens is 368 g/mol. The molecule has 0 aliphatic carbocycles. The van der Waals surface area contributed by atoms with Crippen LogP contribution in [0.1, 0.15) is 32.8 Å². The third-order valence-corrected chi connectivity index (χ3v) is 4.19. The summed E-state index contributed by atoms with van der Waals surface area (Å²) in [6.45, 7) is 4.76. The Morgan fingerprint density at radius 1 is 1.32 bits per heavy atom. The Hall–Kier alpha value is -3.02. The molecule has 1 N–H and O–H groups in total. The van der Waals surface area contributed by atoms with Gasteiger partial charge in [-0.05, 0) is 32.9 Å². The average molecular weight is 389 g/mol. The molecular formula is C19H21F2N5O2. The summed E-state index contributed by atoms with van der Waals surface area (Å²) in [4.78, 5) is 21.9. The van der Waals surface area contributed by atoms with Crippen LogP contribution < -0.4 is 10.2 Å². The number of alkyl carbamates (subject to hydrolysis) is 1. The molecule has 7 nitrogen and oxygen atoms in total. The Bertz CT molecular complexity index is 936. The smallest absolute Gasteiger partial charge is 0.407 e. The van der Waals surface area contributed by atoms with E-state index in [0.29, 0.717) is 22.3 Å². The Kier molecular flexibility index (Phi) is 5.06. The molecule has 28 heavy (non-hydrogen) atoms. The number of hydrogen-bond acceptors (Lipinski definition) is 6. The number of carbonyl (C=O) groups excluding carboxylic acids is 1. The number of benzene rings is 1. The normalized spacial score (nSPS) is 19.1. The first kappa shape index (κ1) is 19.7. The van der Waals surface area contributed by atoms with Crippen LogP contribution in [-0.4, -0.2) is 46.7 Å². The van der Waals surface area contributed by atoms with Crippen molar-refractivity contribution < 1.29 is 18.3 Å². The van der Waals surface area contributed by atoms with Crippen LogP contribution in [0.15, 0.2) is 24.5 Å². The summed E-state index contributed by atoms with van der Waals surface area (Å²) < 4.78 is 34.0. The maximum absolute atomic E-state index is 14.4. The van der Waals surface area contributed by atoms with Crippen molar-refractivity contribution in [2.45, 2.75) is 44.8 Å². The number of nitrogens with one attached hydrogen (secondary N) is 1. The van der Waals surface area contributed by atoms with Crippen LogP contribution in [0, 0.1) is 11.3 Å². The lowest BCUT2D eigenvalue weighted by atomic mass is 10.0. The number of fused-ring (bicyclic) bond motifs is 1. The van der Waals surface area contributed by atoms with Gasteiger partial charge in [0, 0.05) is 25.4 Å². The number of piperidine rings is 1. The largest absolute Gasteiger partial charge is 0.444 e. The number of halogens is 2. The number of amides is 1. The van der Waals surface area contributed by atoms with Gasteiger partial charge in [0.1, 0.15) is 22.7 Å². The second kappa shape index (κ2) is 7.19. The maximum atomic E-state index is 14.4. The topological polar surface area (TPSA) is 91.1 Å². The Labute approximate surface area is 161 Å². The Morgan fingerprint density at radius 3 is 2.64 bits per heavy atom. The highest BCUT2D eigenvalue weighted by Crippen LogP contribution is 2.34. The zero-order valence-electron chi connectivity index (χ0n) is 15.9. The van der Waals surface area contributed by atoms with Gasteiger partial charge < -0.3 is 15.0 Å². The van der Waals surface area contributed by atoms with Crippen LogP contribution in [0.3, 0.4) is 0 Å². The second-order valence-electron chi connectivity index (χ2n) is 7.78. The van der Waals surface area contributed by atoms with E-state index in [1.54, 1.807) is 26.8 Å². The molecule has 1 amide bonds.